The van der Waals surface area contributed by atoms with E-state index in [0.29, 0.717) is 13.1 Å². The first-order chi connectivity index (χ1) is 10.3. The first kappa shape index (κ1) is 14.7. The van der Waals surface area contributed by atoms with Crippen LogP contribution in [0.15, 0.2) is 17.2 Å². The molecule has 1 aromatic rings. The van der Waals surface area contributed by atoms with Gasteiger partial charge in [-0.1, -0.05) is 0 Å². The van der Waals surface area contributed by atoms with Crippen LogP contribution in [0.2, 0.25) is 0 Å². The van der Waals surface area contributed by atoms with Gasteiger partial charge in [0.25, 0.3) is 0 Å². The predicted molar refractivity (Wildman–Crippen MR) is 79.3 cm³/mol. The number of aromatic amines is 1. The van der Waals surface area contributed by atoms with Crippen LogP contribution < -0.4 is 5.43 Å². The number of H-pyrrole nitrogens is 1. The zero-order valence-electron chi connectivity index (χ0n) is 12.3. The predicted octanol–water partition coefficient (Wildman–Crippen LogP) is 0.0393. The summed E-state index contributed by atoms with van der Waals surface area (Å²) in [7, 11) is 0. The van der Waals surface area contributed by atoms with Crippen LogP contribution in [0.4, 0.5) is 0 Å². The van der Waals surface area contributed by atoms with E-state index in [2.05, 4.69) is 14.8 Å². The third-order valence-corrected chi connectivity index (χ3v) is 4.09. The molecule has 0 amide bonds. The van der Waals surface area contributed by atoms with Gasteiger partial charge in [-0.3, -0.25) is 14.6 Å². The van der Waals surface area contributed by atoms with Crippen LogP contribution >= 0.6 is 0 Å². The summed E-state index contributed by atoms with van der Waals surface area (Å²) in [5, 5.41) is 0. The molecular weight excluding hydrogens is 270 g/mol. The van der Waals surface area contributed by atoms with E-state index in [4.69, 9.17) is 9.47 Å². The van der Waals surface area contributed by atoms with Crippen molar-refractivity contribution in [2.24, 2.45) is 0 Å². The Morgan fingerprint density at radius 3 is 1.71 bits per heavy atom. The highest BCUT2D eigenvalue weighted by molar-refractivity contribution is 5.19. The van der Waals surface area contributed by atoms with E-state index < -0.39 is 0 Å². The highest BCUT2D eigenvalue weighted by atomic mass is 16.5. The maximum Gasteiger partial charge on any atom is 0.190 e. The van der Waals surface area contributed by atoms with Crippen molar-refractivity contribution in [1.82, 2.24) is 14.8 Å². The Morgan fingerprint density at radius 1 is 0.857 bits per heavy atom. The third-order valence-electron chi connectivity index (χ3n) is 4.09. The number of hydrogen-bond donors (Lipinski definition) is 1. The topological polar surface area (TPSA) is 57.8 Å². The second-order valence-electron chi connectivity index (χ2n) is 5.61. The van der Waals surface area contributed by atoms with E-state index in [-0.39, 0.29) is 5.43 Å². The van der Waals surface area contributed by atoms with Crippen LogP contribution in [0.25, 0.3) is 0 Å². The Kier molecular flexibility index (Phi) is 5.03. The van der Waals surface area contributed by atoms with Crippen LogP contribution in [0.3, 0.4) is 0 Å². The molecular formula is C15H23N3O3. The standard InChI is InChI=1S/C15H23N3O3/c19-15-13(11-17-1-5-20-6-2-17)9-16-10-14(15)12-18-3-7-21-8-4-18/h9-10H,1-8,11-12H2,(H,16,19). The van der Waals surface area contributed by atoms with Gasteiger partial charge in [0.15, 0.2) is 5.43 Å². The van der Waals surface area contributed by atoms with E-state index in [1.165, 1.54) is 0 Å². The highest BCUT2D eigenvalue weighted by Crippen LogP contribution is 2.06. The average molecular weight is 293 g/mol. The molecule has 2 aliphatic heterocycles. The van der Waals surface area contributed by atoms with Crippen molar-refractivity contribution >= 4 is 0 Å². The van der Waals surface area contributed by atoms with Gasteiger partial charge in [-0.25, -0.2) is 0 Å². The van der Waals surface area contributed by atoms with Gasteiger partial charge in [0, 0.05) is 62.8 Å². The highest BCUT2D eigenvalue weighted by Gasteiger charge is 2.16. The molecule has 0 aromatic carbocycles. The first-order valence-electron chi connectivity index (χ1n) is 7.62. The largest absolute Gasteiger partial charge is 0.379 e. The summed E-state index contributed by atoms with van der Waals surface area (Å²) >= 11 is 0. The second-order valence-corrected chi connectivity index (χ2v) is 5.61. The van der Waals surface area contributed by atoms with Gasteiger partial charge in [0.1, 0.15) is 0 Å². The summed E-state index contributed by atoms with van der Waals surface area (Å²) in [6.07, 6.45) is 3.67. The molecule has 0 radical (unpaired) electrons. The summed E-state index contributed by atoms with van der Waals surface area (Å²) in [5.41, 5.74) is 1.87. The lowest BCUT2D eigenvalue weighted by Gasteiger charge is -2.27. The Balaban J connectivity index is 1.67. The number of nitrogens with one attached hydrogen (secondary N) is 1. The van der Waals surface area contributed by atoms with Crippen LogP contribution in [0, 0.1) is 0 Å². The molecule has 0 spiro atoms. The van der Waals surface area contributed by atoms with E-state index in [1.807, 2.05) is 12.4 Å². The Hall–Kier alpha value is -1.21. The molecule has 3 rings (SSSR count). The zero-order valence-corrected chi connectivity index (χ0v) is 12.3. The van der Waals surface area contributed by atoms with E-state index in [9.17, 15) is 4.79 Å². The van der Waals surface area contributed by atoms with Gasteiger partial charge in [-0.2, -0.15) is 0 Å². The molecule has 1 aromatic heterocycles. The lowest BCUT2D eigenvalue weighted by atomic mass is 10.1. The Bertz CT molecular complexity index is 464. The minimum Gasteiger partial charge on any atom is -0.379 e. The maximum atomic E-state index is 12.6. The number of ether oxygens (including phenoxy) is 2. The third kappa shape index (κ3) is 3.91. The van der Waals surface area contributed by atoms with Crippen LogP contribution in [0.1, 0.15) is 11.1 Å². The molecule has 2 fully saturated rings. The first-order valence-corrected chi connectivity index (χ1v) is 7.62. The summed E-state index contributed by atoms with van der Waals surface area (Å²) in [4.78, 5) is 20.3. The normalized spacial score (nSPS) is 21.5. The van der Waals surface area contributed by atoms with Crippen LogP contribution in [-0.2, 0) is 22.6 Å². The van der Waals surface area contributed by atoms with Crippen LogP contribution in [0.5, 0.6) is 0 Å². The fourth-order valence-electron chi connectivity index (χ4n) is 2.82. The van der Waals surface area contributed by atoms with Gasteiger partial charge in [-0.05, 0) is 0 Å². The minimum atomic E-state index is 0.173. The van der Waals surface area contributed by atoms with Gasteiger partial charge in [0.05, 0.1) is 26.4 Å². The molecule has 2 saturated heterocycles. The summed E-state index contributed by atoms with van der Waals surface area (Å²) in [6.45, 7) is 8.01. The smallest absolute Gasteiger partial charge is 0.190 e. The summed E-state index contributed by atoms with van der Waals surface area (Å²) in [5.74, 6) is 0. The monoisotopic (exact) mass is 293 g/mol. The van der Waals surface area contributed by atoms with E-state index in [0.717, 1.165) is 63.7 Å². The van der Waals surface area contributed by atoms with Crippen molar-refractivity contribution in [3.63, 3.8) is 0 Å². The van der Waals surface area contributed by atoms with Crippen molar-refractivity contribution in [2.75, 3.05) is 52.6 Å². The van der Waals surface area contributed by atoms with Crippen LogP contribution in [-0.4, -0.2) is 67.4 Å². The van der Waals surface area contributed by atoms with E-state index in [1.54, 1.807) is 0 Å². The molecule has 0 saturated carbocycles. The Morgan fingerprint density at radius 2 is 1.29 bits per heavy atom. The molecule has 116 valence electrons. The van der Waals surface area contributed by atoms with Crippen molar-refractivity contribution in [2.45, 2.75) is 13.1 Å². The molecule has 0 bridgehead atoms. The molecule has 0 unspecified atom stereocenters. The lowest BCUT2D eigenvalue weighted by molar-refractivity contribution is 0.0330. The van der Waals surface area contributed by atoms with Gasteiger partial charge >= 0.3 is 0 Å². The molecule has 6 nitrogen and oxygen atoms in total. The second kappa shape index (κ2) is 7.17. The van der Waals surface area contributed by atoms with Gasteiger partial charge in [-0.15, -0.1) is 0 Å². The van der Waals surface area contributed by atoms with E-state index >= 15 is 0 Å². The number of morpholine rings is 2. The average Bonchev–Trinajstić information content (AvgIpc) is 2.53. The summed E-state index contributed by atoms with van der Waals surface area (Å²) < 4.78 is 10.7. The molecule has 2 aliphatic rings. The number of pyridine rings is 1. The minimum absolute atomic E-state index is 0.173. The lowest BCUT2D eigenvalue weighted by Crippen LogP contribution is -2.39. The maximum absolute atomic E-state index is 12.6. The van der Waals surface area contributed by atoms with Gasteiger partial charge in [0.2, 0.25) is 0 Å². The van der Waals surface area contributed by atoms with Crippen molar-refractivity contribution < 1.29 is 9.47 Å². The quantitative estimate of drug-likeness (QED) is 0.849. The number of hydrogen-bond acceptors (Lipinski definition) is 5. The fourth-order valence-corrected chi connectivity index (χ4v) is 2.82. The molecule has 0 atom stereocenters. The molecule has 1 N–H and O–H groups in total. The van der Waals surface area contributed by atoms with Crippen molar-refractivity contribution in [3.05, 3.63) is 33.7 Å². The van der Waals surface area contributed by atoms with Gasteiger partial charge < -0.3 is 14.5 Å². The number of nitrogens with zero attached hydrogens (tertiary/aromatic N) is 2. The molecule has 21 heavy (non-hydrogen) atoms. The molecule has 3 heterocycles. The molecule has 0 aliphatic carbocycles. The van der Waals surface area contributed by atoms with Crippen molar-refractivity contribution in [1.29, 1.82) is 0 Å². The number of rotatable bonds is 4. The SMILES string of the molecule is O=c1c(CN2CCOCC2)c[nH]cc1CN1CCOCC1. The van der Waals surface area contributed by atoms with Crippen molar-refractivity contribution in [3.8, 4) is 0 Å². The fraction of sp³-hybridized carbons (Fsp3) is 0.667. The Labute approximate surface area is 124 Å². The zero-order chi connectivity index (χ0) is 14.5. The summed E-state index contributed by atoms with van der Waals surface area (Å²) in [6, 6.07) is 0. The molecule has 6 heteroatoms. The number of aromatic nitrogens is 1.